The molecular weight excluding hydrogens is 184 g/mol. The molecule has 68 valence electrons. The van der Waals surface area contributed by atoms with Crippen LogP contribution in [0.3, 0.4) is 0 Å². The average molecular weight is 194 g/mol. The highest BCUT2D eigenvalue weighted by Crippen LogP contribution is 2.16. The summed E-state index contributed by atoms with van der Waals surface area (Å²) in [6.45, 7) is 2.30. The van der Waals surface area contributed by atoms with Gasteiger partial charge in [0.05, 0.1) is 0 Å². The largest absolute Gasteiger partial charge is 0.381 e. The molecule has 1 aromatic rings. The minimum absolute atomic E-state index is 0. The Morgan fingerprint density at radius 3 is 2.17 bits per heavy atom. The van der Waals surface area contributed by atoms with Gasteiger partial charge in [-0.3, -0.25) is 0 Å². The van der Waals surface area contributed by atoms with Gasteiger partial charge >= 0.3 is 0 Å². The van der Waals surface area contributed by atoms with Crippen molar-refractivity contribution >= 4 is 18.1 Å². The van der Waals surface area contributed by atoms with Gasteiger partial charge in [-0.05, 0) is 19.1 Å². The normalized spacial score (nSPS) is 8.92. The summed E-state index contributed by atoms with van der Waals surface area (Å²) in [5, 5.41) is 2.59. The quantitative estimate of drug-likeness (QED) is 0.762. The lowest BCUT2D eigenvalue weighted by atomic mass is 10.3. The lowest BCUT2D eigenvalue weighted by Gasteiger charge is -2.04. The summed E-state index contributed by atoms with van der Waals surface area (Å²) in [6, 6.07) is 3.79. The maximum Gasteiger partial charge on any atom is 0.149 e. The molecule has 0 fully saturated rings. The molecule has 0 unspecified atom stereocenters. The molecule has 0 saturated carbocycles. The van der Waals surface area contributed by atoms with Crippen molar-refractivity contribution in [1.29, 1.82) is 0 Å². The second-order valence-corrected chi connectivity index (χ2v) is 2.13. The summed E-state index contributed by atoms with van der Waals surface area (Å²) in [5.74, 6) is -1.10. The maximum absolute atomic E-state index is 12.7. The van der Waals surface area contributed by atoms with Crippen molar-refractivity contribution in [3.05, 3.63) is 29.8 Å². The number of hydrogen-bond acceptors (Lipinski definition) is 1. The molecule has 0 aliphatic rings. The van der Waals surface area contributed by atoms with Gasteiger partial charge in [-0.15, -0.1) is 12.4 Å². The van der Waals surface area contributed by atoms with Crippen LogP contribution in [0.15, 0.2) is 18.2 Å². The smallest absolute Gasteiger partial charge is 0.149 e. The molecule has 12 heavy (non-hydrogen) atoms. The van der Waals surface area contributed by atoms with E-state index in [9.17, 15) is 8.78 Å². The van der Waals surface area contributed by atoms with Gasteiger partial charge in [0.1, 0.15) is 17.3 Å². The van der Waals surface area contributed by atoms with Gasteiger partial charge in [0.15, 0.2) is 0 Å². The lowest BCUT2D eigenvalue weighted by molar-refractivity contribution is 0.588. The molecule has 0 heterocycles. The topological polar surface area (TPSA) is 12.0 Å². The predicted octanol–water partition coefficient (Wildman–Crippen LogP) is 2.82. The van der Waals surface area contributed by atoms with E-state index in [1.54, 1.807) is 6.92 Å². The van der Waals surface area contributed by atoms with Crippen LogP contribution in [-0.2, 0) is 0 Å². The molecule has 1 N–H and O–H groups in total. The molecule has 0 saturated heterocycles. The van der Waals surface area contributed by atoms with Gasteiger partial charge in [-0.25, -0.2) is 8.78 Å². The second kappa shape index (κ2) is 4.93. The minimum Gasteiger partial charge on any atom is -0.381 e. The van der Waals surface area contributed by atoms with Gasteiger partial charge in [-0.2, -0.15) is 0 Å². The Morgan fingerprint density at radius 2 is 1.75 bits per heavy atom. The fourth-order valence-corrected chi connectivity index (χ4v) is 0.843. The molecule has 0 spiro atoms. The number of para-hydroxylation sites is 1. The molecule has 1 aromatic carbocycles. The minimum atomic E-state index is -0.549. The summed E-state index contributed by atoms with van der Waals surface area (Å²) in [6.07, 6.45) is 0. The van der Waals surface area contributed by atoms with Crippen LogP contribution in [0.1, 0.15) is 6.92 Å². The number of rotatable bonds is 2. The van der Waals surface area contributed by atoms with Gasteiger partial charge in [0, 0.05) is 6.54 Å². The highest BCUT2D eigenvalue weighted by atomic mass is 35.5. The van der Waals surface area contributed by atoms with Crippen LogP contribution >= 0.6 is 12.4 Å². The number of halogens is 3. The Morgan fingerprint density at radius 1 is 1.25 bits per heavy atom. The number of benzene rings is 1. The van der Waals surface area contributed by atoms with E-state index in [0.29, 0.717) is 6.54 Å². The fraction of sp³-hybridized carbons (Fsp3) is 0.250. The molecule has 0 aliphatic carbocycles. The Bertz CT molecular complexity index is 233. The zero-order valence-electron chi connectivity index (χ0n) is 6.60. The van der Waals surface area contributed by atoms with Gasteiger partial charge in [0.25, 0.3) is 0 Å². The summed E-state index contributed by atoms with van der Waals surface area (Å²) in [4.78, 5) is 0. The molecule has 4 heteroatoms. The lowest BCUT2D eigenvalue weighted by Crippen LogP contribution is -2.01. The third-order valence-electron chi connectivity index (χ3n) is 1.32. The van der Waals surface area contributed by atoms with Gasteiger partial charge < -0.3 is 5.32 Å². The van der Waals surface area contributed by atoms with Crippen LogP contribution in [0.4, 0.5) is 14.5 Å². The van der Waals surface area contributed by atoms with E-state index in [-0.39, 0.29) is 18.1 Å². The van der Waals surface area contributed by atoms with E-state index in [0.717, 1.165) is 0 Å². The van der Waals surface area contributed by atoms with Crippen LogP contribution < -0.4 is 5.32 Å². The standard InChI is InChI=1S/C8H9F2N.ClH/c1-2-11-8-6(9)4-3-5-7(8)10;/h3-5,11H,2H2,1H3;1H. The van der Waals surface area contributed by atoms with Crippen LogP contribution in [-0.4, -0.2) is 6.54 Å². The summed E-state index contributed by atoms with van der Waals surface area (Å²) in [7, 11) is 0. The van der Waals surface area contributed by atoms with Gasteiger partial charge in [-0.1, -0.05) is 6.07 Å². The molecule has 0 amide bonds. The first-order valence-corrected chi connectivity index (χ1v) is 3.43. The van der Waals surface area contributed by atoms with E-state index in [4.69, 9.17) is 0 Å². The Balaban J connectivity index is 0.00000121. The molecule has 0 bridgehead atoms. The van der Waals surface area contributed by atoms with Crippen LogP contribution in [0.2, 0.25) is 0 Å². The van der Waals surface area contributed by atoms with E-state index in [2.05, 4.69) is 5.32 Å². The van der Waals surface area contributed by atoms with Crippen LogP contribution in [0.5, 0.6) is 0 Å². The van der Waals surface area contributed by atoms with Crippen molar-refractivity contribution in [2.75, 3.05) is 11.9 Å². The predicted molar refractivity (Wildman–Crippen MR) is 47.8 cm³/mol. The zero-order chi connectivity index (χ0) is 8.27. The van der Waals surface area contributed by atoms with E-state index in [1.807, 2.05) is 0 Å². The first kappa shape index (κ1) is 11.2. The maximum atomic E-state index is 12.7. The monoisotopic (exact) mass is 193 g/mol. The molecule has 1 rings (SSSR count). The summed E-state index contributed by atoms with van der Waals surface area (Å²) >= 11 is 0. The fourth-order valence-electron chi connectivity index (χ4n) is 0.843. The SMILES string of the molecule is CCNc1c(F)cccc1F.Cl. The Kier molecular flexibility index (Phi) is 4.59. The summed E-state index contributed by atoms with van der Waals surface area (Å²) < 4.78 is 25.5. The van der Waals surface area contributed by atoms with Crippen molar-refractivity contribution in [1.82, 2.24) is 0 Å². The van der Waals surface area contributed by atoms with Crippen molar-refractivity contribution in [3.63, 3.8) is 0 Å². The first-order chi connectivity index (χ1) is 5.25. The highest BCUT2D eigenvalue weighted by molar-refractivity contribution is 5.85. The molecule has 0 aromatic heterocycles. The van der Waals surface area contributed by atoms with E-state index in [1.165, 1.54) is 18.2 Å². The van der Waals surface area contributed by atoms with Gasteiger partial charge in [0.2, 0.25) is 0 Å². The Hall–Kier alpha value is -0.830. The number of anilines is 1. The molecule has 0 atom stereocenters. The zero-order valence-corrected chi connectivity index (χ0v) is 7.42. The molecule has 0 radical (unpaired) electrons. The van der Waals surface area contributed by atoms with Crippen molar-refractivity contribution in [2.45, 2.75) is 6.92 Å². The van der Waals surface area contributed by atoms with Crippen molar-refractivity contribution in [3.8, 4) is 0 Å². The van der Waals surface area contributed by atoms with Crippen LogP contribution in [0.25, 0.3) is 0 Å². The van der Waals surface area contributed by atoms with Crippen molar-refractivity contribution < 1.29 is 8.78 Å². The highest BCUT2D eigenvalue weighted by Gasteiger charge is 2.04. The number of nitrogens with one attached hydrogen (secondary N) is 1. The van der Waals surface area contributed by atoms with E-state index >= 15 is 0 Å². The third-order valence-corrected chi connectivity index (χ3v) is 1.32. The second-order valence-electron chi connectivity index (χ2n) is 2.13. The molecular formula is C8H10ClF2N. The van der Waals surface area contributed by atoms with Crippen molar-refractivity contribution in [2.24, 2.45) is 0 Å². The number of hydrogen-bond donors (Lipinski definition) is 1. The molecule has 0 aliphatic heterocycles. The Labute approximate surface area is 76.2 Å². The molecule has 1 nitrogen and oxygen atoms in total. The van der Waals surface area contributed by atoms with Crippen LogP contribution in [0, 0.1) is 11.6 Å². The third kappa shape index (κ3) is 2.34. The average Bonchev–Trinajstić information content (AvgIpc) is 1.97. The van der Waals surface area contributed by atoms with E-state index < -0.39 is 11.6 Å². The first-order valence-electron chi connectivity index (χ1n) is 3.43. The summed E-state index contributed by atoms with van der Waals surface area (Å²) in [5.41, 5.74) is -0.0463.